The fraction of sp³-hybridized carbons (Fsp3) is 0.385. The average Bonchev–Trinajstić information content (AvgIpc) is 2.38. The van der Waals surface area contributed by atoms with Crippen LogP contribution < -0.4 is 10.5 Å². The number of aryl methyl sites for hydroxylation is 1. The van der Waals surface area contributed by atoms with Crippen LogP contribution in [0, 0.1) is 19.3 Å². The van der Waals surface area contributed by atoms with Crippen molar-refractivity contribution in [2.24, 2.45) is 0 Å². The van der Waals surface area contributed by atoms with Gasteiger partial charge in [0.25, 0.3) is 0 Å². The van der Waals surface area contributed by atoms with E-state index in [1.807, 2.05) is 0 Å². The van der Waals surface area contributed by atoms with Gasteiger partial charge in [-0.3, -0.25) is 0 Å². The molecule has 0 radical (unpaired) electrons. The molecular formula is C13H18N2O3S. The van der Waals surface area contributed by atoms with Crippen molar-refractivity contribution in [2.75, 3.05) is 25.9 Å². The first-order chi connectivity index (χ1) is 8.88. The molecule has 1 rings (SSSR count). The minimum absolute atomic E-state index is 0.00969. The first-order valence-electron chi connectivity index (χ1n) is 5.76. The summed E-state index contributed by atoms with van der Waals surface area (Å²) in [4.78, 5) is 0.0372. The van der Waals surface area contributed by atoms with E-state index < -0.39 is 10.0 Å². The zero-order chi connectivity index (χ0) is 14.6. The summed E-state index contributed by atoms with van der Waals surface area (Å²) in [6.07, 6.45) is 5.19. The summed E-state index contributed by atoms with van der Waals surface area (Å²) in [5, 5.41) is 0. The Hall–Kier alpha value is -1.71. The van der Waals surface area contributed by atoms with Crippen LogP contribution in [0.5, 0.6) is 5.75 Å². The van der Waals surface area contributed by atoms with Gasteiger partial charge >= 0.3 is 0 Å². The molecule has 19 heavy (non-hydrogen) atoms. The number of ether oxygens (including phenoxy) is 1. The van der Waals surface area contributed by atoms with Crippen molar-refractivity contribution in [3.63, 3.8) is 0 Å². The van der Waals surface area contributed by atoms with E-state index in [4.69, 9.17) is 16.9 Å². The van der Waals surface area contributed by atoms with Crippen LogP contribution in [0.15, 0.2) is 17.0 Å². The predicted octanol–water partition coefficient (Wildman–Crippen LogP) is 1.23. The van der Waals surface area contributed by atoms with Gasteiger partial charge in [0.1, 0.15) is 10.6 Å². The molecule has 2 N–H and O–H groups in total. The zero-order valence-electron chi connectivity index (χ0n) is 11.3. The Morgan fingerprint density at radius 2 is 2.11 bits per heavy atom. The van der Waals surface area contributed by atoms with E-state index in [2.05, 4.69) is 5.92 Å². The van der Waals surface area contributed by atoms with Crippen molar-refractivity contribution >= 4 is 15.7 Å². The minimum Gasteiger partial charge on any atom is -0.495 e. The van der Waals surface area contributed by atoms with Crippen molar-refractivity contribution in [3.05, 3.63) is 17.7 Å². The monoisotopic (exact) mass is 282 g/mol. The van der Waals surface area contributed by atoms with E-state index >= 15 is 0 Å². The van der Waals surface area contributed by atoms with E-state index in [0.717, 1.165) is 5.56 Å². The third-order valence-electron chi connectivity index (χ3n) is 2.79. The van der Waals surface area contributed by atoms with Crippen molar-refractivity contribution in [1.29, 1.82) is 0 Å². The Bertz CT molecular complexity index is 603. The van der Waals surface area contributed by atoms with Crippen LogP contribution >= 0.6 is 0 Å². The standard InChI is InChI=1S/C13H18N2O3S/c1-5-7-15(6-2)19(16,17)13-9-11(14)10(3)8-12(13)18-4/h1,8-9H,6-7,14H2,2-4H3. The Kier molecular flexibility index (Phi) is 4.81. The largest absolute Gasteiger partial charge is 0.495 e. The van der Waals surface area contributed by atoms with Gasteiger partial charge in [-0.1, -0.05) is 12.8 Å². The normalized spacial score (nSPS) is 11.3. The lowest BCUT2D eigenvalue weighted by Crippen LogP contribution is -2.31. The maximum absolute atomic E-state index is 12.5. The summed E-state index contributed by atoms with van der Waals surface area (Å²) in [6.45, 7) is 3.80. The van der Waals surface area contributed by atoms with Gasteiger partial charge in [-0.15, -0.1) is 6.42 Å². The molecule has 0 saturated heterocycles. The molecule has 1 aromatic rings. The number of nitrogens with two attached hydrogens (primary N) is 1. The number of terminal acetylenes is 1. The van der Waals surface area contributed by atoms with Crippen LogP contribution in [-0.2, 0) is 10.0 Å². The molecule has 0 atom stereocenters. The molecule has 0 aromatic heterocycles. The van der Waals surface area contributed by atoms with E-state index in [-0.39, 0.29) is 23.7 Å². The Morgan fingerprint density at radius 1 is 1.47 bits per heavy atom. The summed E-state index contributed by atoms with van der Waals surface area (Å²) in [7, 11) is -2.29. The number of benzene rings is 1. The summed E-state index contributed by atoms with van der Waals surface area (Å²) in [5.41, 5.74) is 6.94. The summed E-state index contributed by atoms with van der Waals surface area (Å²) < 4.78 is 31.3. The highest BCUT2D eigenvalue weighted by atomic mass is 32.2. The van der Waals surface area contributed by atoms with Gasteiger partial charge in [0.05, 0.1) is 13.7 Å². The second-order valence-corrected chi connectivity index (χ2v) is 5.90. The van der Waals surface area contributed by atoms with Gasteiger partial charge in [-0.05, 0) is 24.6 Å². The SMILES string of the molecule is C#CCN(CC)S(=O)(=O)c1cc(N)c(C)cc1OC. The lowest BCUT2D eigenvalue weighted by molar-refractivity contribution is 0.397. The van der Waals surface area contributed by atoms with Gasteiger partial charge in [0.15, 0.2) is 0 Å². The fourth-order valence-electron chi connectivity index (χ4n) is 1.65. The lowest BCUT2D eigenvalue weighted by atomic mass is 10.2. The van der Waals surface area contributed by atoms with Gasteiger partial charge in [0.2, 0.25) is 10.0 Å². The molecule has 0 aliphatic carbocycles. The molecular weight excluding hydrogens is 264 g/mol. The number of methoxy groups -OCH3 is 1. The highest BCUT2D eigenvalue weighted by molar-refractivity contribution is 7.89. The molecule has 104 valence electrons. The van der Waals surface area contributed by atoms with Gasteiger partial charge in [-0.2, -0.15) is 4.31 Å². The van der Waals surface area contributed by atoms with Gasteiger partial charge in [0, 0.05) is 12.2 Å². The second-order valence-electron chi connectivity index (χ2n) is 3.99. The van der Waals surface area contributed by atoms with Gasteiger partial charge in [-0.25, -0.2) is 8.42 Å². The number of rotatable bonds is 5. The highest BCUT2D eigenvalue weighted by Gasteiger charge is 2.26. The molecule has 0 unspecified atom stereocenters. The minimum atomic E-state index is -3.71. The van der Waals surface area contributed by atoms with Crippen molar-refractivity contribution in [1.82, 2.24) is 4.31 Å². The molecule has 5 nitrogen and oxygen atoms in total. The smallest absolute Gasteiger partial charge is 0.247 e. The Morgan fingerprint density at radius 3 is 2.58 bits per heavy atom. The van der Waals surface area contributed by atoms with Crippen LogP contribution in [0.3, 0.4) is 0 Å². The second kappa shape index (κ2) is 5.95. The summed E-state index contributed by atoms with van der Waals surface area (Å²) in [6, 6.07) is 3.01. The average molecular weight is 282 g/mol. The summed E-state index contributed by atoms with van der Waals surface area (Å²) >= 11 is 0. The first kappa shape index (κ1) is 15.3. The molecule has 0 fully saturated rings. The van der Waals surface area contributed by atoms with E-state index in [1.54, 1.807) is 19.9 Å². The molecule has 0 spiro atoms. The van der Waals surface area contributed by atoms with Crippen LogP contribution in [-0.4, -0.2) is 32.9 Å². The topological polar surface area (TPSA) is 72.6 Å². The van der Waals surface area contributed by atoms with Crippen LogP contribution in [0.25, 0.3) is 0 Å². The quantitative estimate of drug-likeness (QED) is 0.651. The van der Waals surface area contributed by atoms with E-state index in [1.165, 1.54) is 17.5 Å². The van der Waals surface area contributed by atoms with Crippen LogP contribution in [0.2, 0.25) is 0 Å². The molecule has 1 aromatic carbocycles. The Labute approximate surface area is 114 Å². The zero-order valence-corrected chi connectivity index (χ0v) is 12.1. The maximum Gasteiger partial charge on any atom is 0.247 e. The first-order valence-corrected chi connectivity index (χ1v) is 7.20. The number of hydrogen-bond donors (Lipinski definition) is 1. The molecule has 0 bridgehead atoms. The number of anilines is 1. The van der Waals surface area contributed by atoms with Crippen molar-refractivity contribution in [2.45, 2.75) is 18.7 Å². The van der Waals surface area contributed by atoms with E-state index in [0.29, 0.717) is 5.69 Å². The number of nitrogen functional groups attached to an aromatic ring is 1. The third-order valence-corrected chi connectivity index (χ3v) is 4.73. The lowest BCUT2D eigenvalue weighted by Gasteiger charge is -2.20. The van der Waals surface area contributed by atoms with Crippen molar-refractivity contribution in [3.8, 4) is 18.1 Å². The molecule has 0 aliphatic rings. The molecule has 6 heteroatoms. The number of nitrogens with zero attached hydrogens (tertiary/aromatic N) is 1. The number of sulfonamides is 1. The van der Waals surface area contributed by atoms with Crippen LogP contribution in [0.4, 0.5) is 5.69 Å². The highest BCUT2D eigenvalue weighted by Crippen LogP contribution is 2.30. The van der Waals surface area contributed by atoms with E-state index in [9.17, 15) is 8.42 Å². The Balaban J connectivity index is 3.44. The van der Waals surface area contributed by atoms with Crippen molar-refractivity contribution < 1.29 is 13.2 Å². The molecule has 0 saturated carbocycles. The third kappa shape index (κ3) is 3.00. The summed E-state index contributed by atoms with van der Waals surface area (Å²) in [5.74, 6) is 2.60. The fourth-order valence-corrected chi connectivity index (χ4v) is 3.18. The number of hydrogen-bond acceptors (Lipinski definition) is 4. The van der Waals surface area contributed by atoms with Crippen LogP contribution in [0.1, 0.15) is 12.5 Å². The molecule has 0 amide bonds. The molecule has 0 heterocycles. The van der Waals surface area contributed by atoms with Gasteiger partial charge < -0.3 is 10.5 Å². The predicted molar refractivity (Wildman–Crippen MR) is 75.4 cm³/mol. The molecule has 0 aliphatic heterocycles. The maximum atomic E-state index is 12.5.